The smallest absolute Gasteiger partial charge is 0.134 e. The van der Waals surface area contributed by atoms with Gasteiger partial charge in [-0.15, -0.1) is 0 Å². The molecule has 3 rings (SSSR count). The molecule has 0 saturated carbocycles. The average molecular weight is 354 g/mol. The lowest BCUT2D eigenvalue weighted by Gasteiger charge is -2.12. The SMILES string of the molecule is Cc1c(Cl)cccc1-c1ccc(CNC(C)CCc2ccccc2)o1. The summed E-state index contributed by atoms with van der Waals surface area (Å²) in [6, 6.07) is 21.0. The molecule has 0 bridgehead atoms. The van der Waals surface area contributed by atoms with E-state index in [1.165, 1.54) is 5.56 Å². The number of halogens is 1. The van der Waals surface area contributed by atoms with E-state index in [-0.39, 0.29) is 0 Å². The third kappa shape index (κ3) is 4.75. The first-order chi connectivity index (χ1) is 12.1. The highest BCUT2D eigenvalue weighted by Gasteiger charge is 2.10. The first kappa shape index (κ1) is 17.8. The molecule has 25 heavy (non-hydrogen) atoms. The van der Waals surface area contributed by atoms with Gasteiger partial charge in [-0.1, -0.05) is 54.1 Å². The van der Waals surface area contributed by atoms with Gasteiger partial charge in [-0.05, 0) is 56.0 Å². The number of hydrogen-bond donors (Lipinski definition) is 1. The summed E-state index contributed by atoms with van der Waals surface area (Å²) in [5, 5.41) is 4.31. The fourth-order valence-corrected chi connectivity index (χ4v) is 3.07. The summed E-state index contributed by atoms with van der Waals surface area (Å²) in [6.07, 6.45) is 2.19. The van der Waals surface area contributed by atoms with E-state index in [1.807, 2.05) is 37.3 Å². The predicted octanol–water partition coefficient (Wildman–Crippen LogP) is 6.02. The molecule has 1 unspecified atom stereocenters. The maximum absolute atomic E-state index is 6.20. The Hall–Kier alpha value is -2.03. The zero-order valence-electron chi connectivity index (χ0n) is 14.8. The van der Waals surface area contributed by atoms with Crippen molar-refractivity contribution >= 4 is 11.6 Å². The van der Waals surface area contributed by atoms with E-state index < -0.39 is 0 Å². The third-order valence-corrected chi connectivity index (χ3v) is 4.94. The number of rotatable bonds is 7. The quantitative estimate of drug-likeness (QED) is 0.561. The Morgan fingerprint density at radius 1 is 1.00 bits per heavy atom. The van der Waals surface area contributed by atoms with Crippen LogP contribution in [0.3, 0.4) is 0 Å². The van der Waals surface area contributed by atoms with Crippen LogP contribution in [0.15, 0.2) is 65.1 Å². The van der Waals surface area contributed by atoms with E-state index in [0.717, 1.165) is 47.1 Å². The summed E-state index contributed by atoms with van der Waals surface area (Å²) in [7, 11) is 0. The van der Waals surface area contributed by atoms with Crippen LogP contribution < -0.4 is 5.32 Å². The van der Waals surface area contributed by atoms with E-state index in [2.05, 4.69) is 42.6 Å². The van der Waals surface area contributed by atoms with Crippen molar-refractivity contribution < 1.29 is 4.42 Å². The minimum absolute atomic E-state index is 0.432. The number of aryl methyl sites for hydroxylation is 1. The van der Waals surface area contributed by atoms with Crippen LogP contribution >= 0.6 is 11.6 Å². The molecular formula is C22H24ClNO. The Morgan fingerprint density at radius 2 is 1.80 bits per heavy atom. The molecule has 0 aliphatic heterocycles. The first-order valence-corrected chi connectivity index (χ1v) is 9.13. The molecule has 0 aliphatic rings. The van der Waals surface area contributed by atoms with Crippen molar-refractivity contribution in [3.8, 4) is 11.3 Å². The number of benzene rings is 2. The fraction of sp³-hybridized carbons (Fsp3) is 0.273. The van der Waals surface area contributed by atoms with Crippen molar-refractivity contribution in [2.45, 2.75) is 39.3 Å². The molecule has 1 heterocycles. The predicted molar refractivity (Wildman–Crippen MR) is 105 cm³/mol. The van der Waals surface area contributed by atoms with Crippen LogP contribution in [0.2, 0.25) is 5.02 Å². The second-order valence-electron chi connectivity index (χ2n) is 6.48. The summed E-state index contributed by atoms with van der Waals surface area (Å²) in [5.41, 5.74) is 3.48. The Labute approximate surface area is 154 Å². The summed E-state index contributed by atoms with van der Waals surface area (Å²) < 4.78 is 6.00. The zero-order chi connectivity index (χ0) is 17.6. The zero-order valence-corrected chi connectivity index (χ0v) is 15.5. The molecule has 0 saturated heterocycles. The van der Waals surface area contributed by atoms with Gasteiger partial charge in [0.15, 0.2) is 0 Å². The Bertz CT molecular complexity index is 810. The lowest BCUT2D eigenvalue weighted by atomic mass is 10.1. The van der Waals surface area contributed by atoms with Crippen LogP contribution in [0.25, 0.3) is 11.3 Å². The van der Waals surface area contributed by atoms with Gasteiger partial charge in [0.25, 0.3) is 0 Å². The summed E-state index contributed by atoms with van der Waals surface area (Å²) in [6.45, 7) is 4.97. The van der Waals surface area contributed by atoms with Crippen molar-refractivity contribution in [1.82, 2.24) is 5.32 Å². The Balaban J connectivity index is 1.54. The minimum Gasteiger partial charge on any atom is -0.460 e. The van der Waals surface area contributed by atoms with Gasteiger partial charge in [0.1, 0.15) is 11.5 Å². The van der Waals surface area contributed by atoms with E-state index in [0.29, 0.717) is 6.04 Å². The minimum atomic E-state index is 0.432. The number of hydrogen-bond acceptors (Lipinski definition) is 2. The van der Waals surface area contributed by atoms with Crippen LogP contribution in [0.1, 0.15) is 30.2 Å². The highest BCUT2D eigenvalue weighted by Crippen LogP contribution is 2.29. The van der Waals surface area contributed by atoms with Gasteiger partial charge in [0.05, 0.1) is 6.54 Å². The maximum atomic E-state index is 6.20. The third-order valence-electron chi connectivity index (χ3n) is 4.53. The van der Waals surface area contributed by atoms with Crippen LogP contribution in [-0.4, -0.2) is 6.04 Å². The summed E-state index contributed by atoms with van der Waals surface area (Å²) in [4.78, 5) is 0. The van der Waals surface area contributed by atoms with Crippen LogP contribution in [0.5, 0.6) is 0 Å². The van der Waals surface area contributed by atoms with Gasteiger partial charge in [0.2, 0.25) is 0 Å². The van der Waals surface area contributed by atoms with E-state index in [1.54, 1.807) is 0 Å². The highest BCUT2D eigenvalue weighted by atomic mass is 35.5. The molecule has 130 valence electrons. The van der Waals surface area contributed by atoms with Crippen molar-refractivity contribution in [2.24, 2.45) is 0 Å². The first-order valence-electron chi connectivity index (χ1n) is 8.75. The van der Waals surface area contributed by atoms with Crippen molar-refractivity contribution in [1.29, 1.82) is 0 Å². The molecule has 0 radical (unpaired) electrons. The normalized spacial score (nSPS) is 12.3. The molecule has 0 spiro atoms. The summed E-state index contributed by atoms with van der Waals surface area (Å²) in [5.74, 6) is 1.81. The van der Waals surface area contributed by atoms with Gasteiger partial charge in [-0.2, -0.15) is 0 Å². The molecule has 0 amide bonds. The average Bonchev–Trinajstić information content (AvgIpc) is 3.10. The monoisotopic (exact) mass is 353 g/mol. The fourth-order valence-electron chi connectivity index (χ4n) is 2.90. The Kier molecular flexibility index (Phi) is 5.95. The topological polar surface area (TPSA) is 25.2 Å². The molecule has 0 fully saturated rings. The molecular weight excluding hydrogens is 330 g/mol. The van der Waals surface area contributed by atoms with Crippen molar-refractivity contribution in [3.63, 3.8) is 0 Å². The van der Waals surface area contributed by atoms with Crippen molar-refractivity contribution in [3.05, 3.63) is 82.6 Å². The lowest BCUT2D eigenvalue weighted by Crippen LogP contribution is -2.25. The van der Waals surface area contributed by atoms with Crippen molar-refractivity contribution in [2.75, 3.05) is 0 Å². The van der Waals surface area contributed by atoms with Gasteiger partial charge < -0.3 is 9.73 Å². The molecule has 1 aromatic heterocycles. The highest BCUT2D eigenvalue weighted by molar-refractivity contribution is 6.31. The second kappa shape index (κ2) is 8.37. The summed E-state index contributed by atoms with van der Waals surface area (Å²) >= 11 is 6.20. The van der Waals surface area contributed by atoms with E-state index in [9.17, 15) is 0 Å². The molecule has 3 aromatic rings. The standard InChI is InChI=1S/C22H24ClNO/c1-16(11-12-18-7-4-3-5-8-18)24-15-19-13-14-22(25-19)20-9-6-10-21(23)17(20)2/h3-10,13-14,16,24H,11-12,15H2,1-2H3. The molecule has 0 aliphatic carbocycles. The molecule has 2 nitrogen and oxygen atoms in total. The van der Waals surface area contributed by atoms with Gasteiger partial charge >= 0.3 is 0 Å². The van der Waals surface area contributed by atoms with Gasteiger partial charge in [-0.3, -0.25) is 0 Å². The number of furan rings is 1. The van der Waals surface area contributed by atoms with E-state index >= 15 is 0 Å². The maximum Gasteiger partial charge on any atom is 0.134 e. The molecule has 1 atom stereocenters. The van der Waals surface area contributed by atoms with E-state index in [4.69, 9.17) is 16.0 Å². The second-order valence-corrected chi connectivity index (χ2v) is 6.89. The largest absolute Gasteiger partial charge is 0.460 e. The van der Waals surface area contributed by atoms with Crippen LogP contribution in [0.4, 0.5) is 0 Å². The molecule has 1 N–H and O–H groups in total. The van der Waals surface area contributed by atoms with Crippen LogP contribution in [0, 0.1) is 6.92 Å². The molecule has 3 heteroatoms. The Morgan fingerprint density at radius 3 is 2.60 bits per heavy atom. The number of nitrogens with one attached hydrogen (secondary N) is 1. The molecule has 2 aromatic carbocycles. The lowest BCUT2D eigenvalue weighted by molar-refractivity contribution is 0.449. The van der Waals surface area contributed by atoms with Gasteiger partial charge in [-0.25, -0.2) is 0 Å². The van der Waals surface area contributed by atoms with Gasteiger partial charge in [0, 0.05) is 16.6 Å². The van der Waals surface area contributed by atoms with Crippen LogP contribution in [-0.2, 0) is 13.0 Å².